The lowest BCUT2D eigenvalue weighted by Crippen LogP contribution is -2.48. The fraction of sp³-hybridized carbons (Fsp3) is 0.292. The van der Waals surface area contributed by atoms with E-state index in [1.54, 1.807) is 29.2 Å². The van der Waals surface area contributed by atoms with Crippen molar-refractivity contribution in [3.63, 3.8) is 0 Å². The molecule has 2 aromatic carbocycles. The highest BCUT2D eigenvalue weighted by Crippen LogP contribution is 2.37. The SMILES string of the molecule is COc1cc2ncnc(Oc3ccc4[nH]c(C)cc4c3F)c2cc1OC(=O)N1CCOC[C@H]1C. The first-order valence-corrected chi connectivity index (χ1v) is 10.8. The van der Waals surface area contributed by atoms with Gasteiger partial charge in [-0.3, -0.25) is 0 Å². The molecule has 1 amide bonds. The van der Waals surface area contributed by atoms with Crippen molar-refractivity contribution >= 4 is 27.9 Å². The van der Waals surface area contributed by atoms with Gasteiger partial charge in [-0.05, 0) is 38.1 Å². The van der Waals surface area contributed by atoms with Gasteiger partial charge in [0.1, 0.15) is 6.33 Å². The standard InChI is InChI=1S/C24H23FN4O5/c1-13-8-15-17(28-13)4-5-19(22(15)25)33-23-16-9-21(20(31-3)10-18(16)26-12-27-23)34-24(30)29-6-7-32-11-14(29)2/h4-5,8-10,12,14,28H,6-7,11H2,1-3H3/t14-/m1/s1. The number of carbonyl (C=O) groups is 1. The van der Waals surface area contributed by atoms with E-state index in [2.05, 4.69) is 15.0 Å². The molecule has 176 valence electrons. The van der Waals surface area contributed by atoms with Crippen molar-refractivity contribution in [2.24, 2.45) is 0 Å². The third kappa shape index (κ3) is 3.96. The maximum atomic E-state index is 15.1. The summed E-state index contributed by atoms with van der Waals surface area (Å²) in [5.74, 6) is 0.130. The molecule has 0 aliphatic carbocycles. The minimum absolute atomic E-state index is 0.0167. The first-order chi connectivity index (χ1) is 16.4. The highest BCUT2D eigenvalue weighted by molar-refractivity contribution is 5.88. The van der Waals surface area contributed by atoms with Gasteiger partial charge in [0, 0.05) is 29.2 Å². The van der Waals surface area contributed by atoms with Crippen LogP contribution in [0.4, 0.5) is 9.18 Å². The molecule has 1 atom stereocenters. The summed E-state index contributed by atoms with van der Waals surface area (Å²) in [4.78, 5) is 25.9. The molecule has 1 fully saturated rings. The summed E-state index contributed by atoms with van der Waals surface area (Å²) in [6.45, 7) is 5.04. The minimum Gasteiger partial charge on any atom is -0.493 e. The number of morpholine rings is 1. The Hall–Kier alpha value is -3.92. The monoisotopic (exact) mass is 466 g/mol. The summed E-state index contributed by atoms with van der Waals surface area (Å²) < 4.78 is 37.4. The second-order valence-electron chi connectivity index (χ2n) is 8.08. The van der Waals surface area contributed by atoms with Gasteiger partial charge < -0.3 is 28.8 Å². The smallest absolute Gasteiger partial charge is 0.415 e. The van der Waals surface area contributed by atoms with Gasteiger partial charge in [0.25, 0.3) is 0 Å². The zero-order valence-electron chi connectivity index (χ0n) is 18.9. The van der Waals surface area contributed by atoms with Crippen LogP contribution in [0.3, 0.4) is 0 Å². The lowest BCUT2D eigenvalue weighted by atomic mass is 10.2. The molecule has 1 aliphatic rings. The molecule has 1 saturated heterocycles. The lowest BCUT2D eigenvalue weighted by Gasteiger charge is -2.32. The molecular formula is C24H23FN4O5. The topological polar surface area (TPSA) is 98.8 Å². The number of aromatic amines is 1. The van der Waals surface area contributed by atoms with E-state index < -0.39 is 11.9 Å². The Balaban J connectivity index is 1.51. The summed E-state index contributed by atoms with van der Waals surface area (Å²) in [7, 11) is 1.47. The number of aromatic nitrogens is 3. The van der Waals surface area contributed by atoms with Gasteiger partial charge in [-0.25, -0.2) is 19.2 Å². The van der Waals surface area contributed by atoms with Crippen LogP contribution in [0.1, 0.15) is 12.6 Å². The van der Waals surface area contributed by atoms with E-state index >= 15 is 4.39 Å². The average Bonchev–Trinajstić information content (AvgIpc) is 3.22. The molecule has 1 aliphatic heterocycles. The lowest BCUT2D eigenvalue weighted by molar-refractivity contribution is 0.00834. The molecule has 2 aromatic heterocycles. The summed E-state index contributed by atoms with van der Waals surface area (Å²) in [6, 6.07) is 8.04. The molecule has 0 bridgehead atoms. The number of amides is 1. The van der Waals surface area contributed by atoms with Crippen LogP contribution in [0.25, 0.3) is 21.8 Å². The second kappa shape index (κ2) is 8.79. The van der Waals surface area contributed by atoms with E-state index in [-0.39, 0.29) is 23.4 Å². The van der Waals surface area contributed by atoms with Crippen LogP contribution in [0, 0.1) is 12.7 Å². The largest absolute Gasteiger partial charge is 0.493 e. The summed E-state index contributed by atoms with van der Waals surface area (Å²) in [5, 5.41) is 0.857. The number of carbonyl (C=O) groups excluding carboxylic acids is 1. The van der Waals surface area contributed by atoms with Crippen LogP contribution in [0.5, 0.6) is 23.1 Å². The van der Waals surface area contributed by atoms with E-state index in [0.717, 1.165) is 5.69 Å². The Morgan fingerprint density at radius 1 is 1.18 bits per heavy atom. The number of rotatable bonds is 4. The molecule has 0 spiro atoms. The van der Waals surface area contributed by atoms with Crippen molar-refractivity contribution in [2.75, 3.05) is 26.9 Å². The Morgan fingerprint density at radius 2 is 2.03 bits per heavy atom. The number of H-pyrrole nitrogens is 1. The summed E-state index contributed by atoms with van der Waals surface area (Å²) in [6.07, 6.45) is 0.793. The van der Waals surface area contributed by atoms with Gasteiger partial charge in [-0.15, -0.1) is 0 Å². The van der Waals surface area contributed by atoms with Gasteiger partial charge in [0.15, 0.2) is 23.1 Å². The first-order valence-electron chi connectivity index (χ1n) is 10.8. The Morgan fingerprint density at radius 3 is 2.82 bits per heavy atom. The van der Waals surface area contributed by atoms with E-state index in [9.17, 15) is 4.79 Å². The quantitative estimate of drug-likeness (QED) is 0.470. The zero-order chi connectivity index (χ0) is 23.8. The number of aryl methyl sites for hydroxylation is 1. The number of benzene rings is 2. The van der Waals surface area contributed by atoms with Crippen LogP contribution in [0.2, 0.25) is 0 Å². The van der Waals surface area contributed by atoms with Crippen LogP contribution < -0.4 is 14.2 Å². The highest BCUT2D eigenvalue weighted by Gasteiger charge is 2.27. The first kappa shape index (κ1) is 21.9. The Kier molecular flexibility index (Phi) is 5.66. The van der Waals surface area contributed by atoms with Crippen molar-refractivity contribution in [3.05, 3.63) is 48.2 Å². The van der Waals surface area contributed by atoms with E-state index in [4.69, 9.17) is 18.9 Å². The molecule has 9 nitrogen and oxygen atoms in total. The molecule has 4 aromatic rings. The van der Waals surface area contributed by atoms with Crippen LogP contribution in [0.15, 0.2) is 36.7 Å². The van der Waals surface area contributed by atoms with Gasteiger partial charge in [0.2, 0.25) is 5.88 Å². The van der Waals surface area contributed by atoms with Crippen molar-refractivity contribution in [3.8, 4) is 23.1 Å². The van der Waals surface area contributed by atoms with Crippen molar-refractivity contribution in [1.82, 2.24) is 19.9 Å². The molecule has 1 N–H and O–H groups in total. The van der Waals surface area contributed by atoms with Gasteiger partial charge in [-0.2, -0.15) is 0 Å². The molecule has 5 rings (SSSR count). The normalized spacial score (nSPS) is 16.1. The maximum Gasteiger partial charge on any atom is 0.415 e. The van der Waals surface area contributed by atoms with Crippen LogP contribution in [-0.2, 0) is 4.74 Å². The van der Waals surface area contributed by atoms with E-state index in [1.807, 2.05) is 13.8 Å². The molecule has 34 heavy (non-hydrogen) atoms. The Bertz CT molecular complexity index is 1390. The van der Waals surface area contributed by atoms with Crippen LogP contribution in [-0.4, -0.2) is 58.9 Å². The Labute approximate surface area is 194 Å². The minimum atomic E-state index is -0.521. The van der Waals surface area contributed by atoms with E-state index in [0.29, 0.717) is 47.3 Å². The zero-order valence-corrected chi connectivity index (χ0v) is 18.9. The number of nitrogens with one attached hydrogen (secondary N) is 1. The fourth-order valence-corrected chi connectivity index (χ4v) is 3.98. The number of fused-ring (bicyclic) bond motifs is 2. The predicted octanol–water partition coefficient (Wildman–Crippen LogP) is 4.58. The average molecular weight is 466 g/mol. The molecular weight excluding hydrogens is 443 g/mol. The maximum absolute atomic E-state index is 15.1. The molecule has 0 saturated carbocycles. The second-order valence-corrected chi connectivity index (χ2v) is 8.08. The van der Waals surface area contributed by atoms with Gasteiger partial charge in [0.05, 0.1) is 37.3 Å². The fourth-order valence-electron chi connectivity index (χ4n) is 3.98. The number of hydrogen-bond donors (Lipinski definition) is 1. The molecule has 0 radical (unpaired) electrons. The number of halogens is 1. The summed E-state index contributed by atoms with van der Waals surface area (Å²) in [5.41, 5.74) is 2.00. The highest BCUT2D eigenvalue weighted by atomic mass is 19.1. The van der Waals surface area contributed by atoms with Crippen LogP contribution >= 0.6 is 0 Å². The summed E-state index contributed by atoms with van der Waals surface area (Å²) >= 11 is 0. The number of hydrogen-bond acceptors (Lipinski definition) is 7. The van der Waals surface area contributed by atoms with Gasteiger partial charge in [-0.1, -0.05) is 0 Å². The number of nitrogens with zero attached hydrogens (tertiary/aromatic N) is 3. The third-order valence-corrected chi connectivity index (χ3v) is 5.73. The predicted molar refractivity (Wildman–Crippen MR) is 122 cm³/mol. The van der Waals surface area contributed by atoms with E-state index in [1.165, 1.54) is 19.5 Å². The molecule has 3 heterocycles. The van der Waals surface area contributed by atoms with Crippen molar-refractivity contribution in [1.29, 1.82) is 0 Å². The number of ether oxygens (including phenoxy) is 4. The number of methoxy groups -OCH3 is 1. The third-order valence-electron chi connectivity index (χ3n) is 5.73. The van der Waals surface area contributed by atoms with Crippen molar-refractivity contribution < 1.29 is 28.1 Å². The molecule has 0 unspecified atom stereocenters. The van der Waals surface area contributed by atoms with Crippen molar-refractivity contribution in [2.45, 2.75) is 19.9 Å². The molecule has 10 heteroatoms. The van der Waals surface area contributed by atoms with Gasteiger partial charge >= 0.3 is 6.09 Å².